The highest BCUT2D eigenvalue weighted by atomic mass is 16.5. The lowest BCUT2D eigenvalue weighted by molar-refractivity contribution is -0.127. The molecule has 1 saturated heterocycles. The summed E-state index contributed by atoms with van der Waals surface area (Å²) in [6.45, 7) is 5.42. The van der Waals surface area contributed by atoms with Gasteiger partial charge in [-0.05, 0) is 62.2 Å². The number of imide groups is 1. The van der Waals surface area contributed by atoms with Gasteiger partial charge in [-0.1, -0.05) is 24.3 Å². The Morgan fingerprint density at radius 3 is 2.55 bits per heavy atom. The molecule has 0 spiro atoms. The van der Waals surface area contributed by atoms with Crippen LogP contribution in [0.3, 0.4) is 0 Å². The zero-order valence-corrected chi connectivity index (χ0v) is 16.6. The highest BCUT2D eigenvalue weighted by Crippen LogP contribution is 2.18. The minimum absolute atomic E-state index is 0.0643. The fourth-order valence-electron chi connectivity index (χ4n) is 2.86. The Bertz CT molecular complexity index is 964. The van der Waals surface area contributed by atoms with Gasteiger partial charge >= 0.3 is 6.03 Å². The summed E-state index contributed by atoms with van der Waals surface area (Å²) in [6, 6.07) is 13.8. The number of hydrogen-bond acceptors (Lipinski definition) is 4. The van der Waals surface area contributed by atoms with Crippen molar-refractivity contribution in [1.29, 1.82) is 0 Å². The maximum absolute atomic E-state index is 12.5. The monoisotopic (exact) mass is 393 g/mol. The van der Waals surface area contributed by atoms with Crippen LogP contribution in [0.5, 0.6) is 5.75 Å². The number of amides is 4. The van der Waals surface area contributed by atoms with Crippen LogP contribution in [-0.4, -0.2) is 35.4 Å². The van der Waals surface area contributed by atoms with Crippen molar-refractivity contribution >= 4 is 29.6 Å². The van der Waals surface area contributed by atoms with E-state index in [2.05, 4.69) is 10.6 Å². The summed E-state index contributed by atoms with van der Waals surface area (Å²) in [5.41, 5.74) is 2.46. The minimum atomic E-state index is -0.625. The van der Waals surface area contributed by atoms with Gasteiger partial charge in [0.25, 0.3) is 5.91 Å². The van der Waals surface area contributed by atoms with Gasteiger partial charge in [0.15, 0.2) is 0 Å². The molecule has 0 saturated carbocycles. The first kappa shape index (κ1) is 20.1. The van der Waals surface area contributed by atoms with Crippen LogP contribution in [0.25, 0.3) is 6.08 Å². The van der Waals surface area contributed by atoms with Gasteiger partial charge in [0.2, 0.25) is 5.91 Å². The molecule has 7 heteroatoms. The Morgan fingerprint density at radius 1 is 1.17 bits per heavy atom. The van der Waals surface area contributed by atoms with E-state index in [1.165, 1.54) is 0 Å². The van der Waals surface area contributed by atoms with Gasteiger partial charge in [-0.15, -0.1) is 0 Å². The summed E-state index contributed by atoms with van der Waals surface area (Å²) in [6.07, 6.45) is 1.63. The van der Waals surface area contributed by atoms with Crippen molar-refractivity contribution in [3.8, 4) is 5.75 Å². The van der Waals surface area contributed by atoms with Gasteiger partial charge in [0.1, 0.15) is 18.0 Å². The zero-order chi connectivity index (χ0) is 21.0. The standard InChI is InChI=1S/C22H23N3O4/c1-14(2)29-18-9-7-16(8-10-18)12-19-21(27)25(22(28)24-19)13-20(26)23-17-6-4-5-15(3)11-17/h4-12,14H,13H2,1-3H3,(H,23,26)(H,24,28). The topological polar surface area (TPSA) is 87.7 Å². The minimum Gasteiger partial charge on any atom is -0.491 e. The van der Waals surface area contributed by atoms with Crippen molar-refractivity contribution in [2.24, 2.45) is 0 Å². The average molecular weight is 393 g/mol. The number of anilines is 1. The third-order valence-electron chi connectivity index (χ3n) is 4.13. The number of ether oxygens (including phenoxy) is 1. The number of nitrogens with zero attached hydrogens (tertiary/aromatic N) is 1. The van der Waals surface area contributed by atoms with Gasteiger partial charge in [-0.3, -0.25) is 9.59 Å². The third kappa shape index (κ3) is 5.22. The van der Waals surface area contributed by atoms with Crippen LogP contribution in [0, 0.1) is 6.92 Å². The Balaban J connectivity index is 1.65. The molecule has 3 rings (SSSR count). The first-order valence-electron chi connectivity index (χ1n) is 9.29. The van der Waals surface area contributed by atoms with Crippen LogP contribution in [0.4, 0.5) is 10.5 Å². The number of hydrogen-bond donors (Lipinski definition) is 2. The predicted molar refractivity (Wildman–Crippen MR) is 110 cm³/mol. The normalized spacial score (nSPS) is 15.0. The molecule has 4 amide bonds. The lowest BCUT2D eigenvalue weighted by Gasteiger charge is -2.12. The summed E-state index contributed by atoms with van der Waals surface area (Å²) >= 11 is 0. The summed E-state index contributed by atoms with van der Waals surface area (Å²) in [4.78, 5) is 37.8. The van der Waals surface area contributed by atoms with E-state index in [0.29, 0.717) is 5.69 Å². The van der Waals surface area contributed by atoms with Crippen molar-refractivity contribution in [3.05, 3.63) is 65.4 Å². The van der Waals surface area contributed by atoms with Crippen LogP contribution < -0.4 is 15.4 Å². The second-order valence-electron chi connectivity index (χ2n) is 7.03. The molecule has 1 fully saturated rings. The molecule has 2 aromatic rings. The van der Waals surface area contributed by atoms with Crippen molar-refractivity contribution in [2.45, 2.75) is 26.9 Å². The summed E-state index contributed by atoms with van der Waals surface area (Å²) in [5.74, 6) is -0.272. The molecule has 1 heterocycles. The molecule has 0 atom stereocenters. The quantitative estimate of drug-likeness (QED) is 0.582. The predicted octanol–water partition coefficient (Wildman–Crippen LogP) is 3.31. The highest BCUT2D eigenvalue weighted by Gasteiger charge is 2.34. The average Bonchev–Trinajstić information content (AvgIpc) is 2.90. The van der Waals surface area contributed by atoms with Crippen LogP contribution in [0.1, 0.15) is 25.0 Å². The van der Waals surface area contributed by atoms with E-state index in [1.54, 1.807) is 36.4 Å². The van der Waals surface area contributed by atoms with Crippen LogP contribution in [0.15, 0.2) is 54.2 Å². The first-order valence-corrected chi connectivity index (χ1v) is 9.29. The molecule has 0 bridgehead atoms. The maximum Gasteiger partial charge on any atom is 0.329 e. The van der Waals surface area contributed by atoms with Crippen LogP contribution >= 0.6 is 0 Å². The molecule has 0 aliphatic carbocycles. The SMILES string of the molecule is Cc1cccc(NC(=O)CN2C(=O)NC(=Cc3ccc(OC(C)C)cc3)C2=O)c1. The van der Waals surface area contributed by atoms with Gasteiger partial charge in [-0.2, -0.15) is 0 Å². The molecule has 0 unspecified atom stereocenters. The molecule has 2 N–H and O–H groups in total. The molecular weight excluding hydrogens is 370 g/mol. The Labute approximate surface area is 169 Å². The van der Waals surface area contributed by atoms with Crippen molar-refractivity contribution in [1.82, 2.24) is 10.2 Å². The Morgan fingerprint density at radius 2 is 1.90 bits per heavy atom. The number of nitrogens with one attached hydrogen (secondary N) is 2. The van der Waals surface area contributed by atoms with E-state index in [-0.39, 0.29) is 18.3 Å². The van der Waals surface area contributed by atoms with Gasteiger partial charge in [-0.25, -0.2) is 9.69 Å². The fourth-order valence-corrected chi connectivity index (χ4v) is 2.86. The van der Waals surface area contributed by atoms with Gasteiger partial charge in [0, 0.05) is 5.69 Å². The fraction of sp³-hybridized carbons (Fsp3) is 0.227. The third-order valence-corrected chi connectivity index (χ3v) is 4.13. The van der Waals surface area contributed by atoms with Gasteiger partial charge in [0.05, 0.1) is 6.10 Å². The van der Waals surface area contributed by atoms with Crippen molar-refractivity contribution in [3.63, 3.8) is 0 Å². The van der Waals surface area contributed by atoms with Crippen LogP contribution in [-0.2, 0) is 9.59 Å². The molecule has 29 heavy (non-hydrogen) atoms. The Kier molecular flexibility index (Phi) is 5.97. The Hall–Kier alpha value is -3.61. The van der Waals surface area contributed by atoms with E-state index in [0.717, 1.165) is 21.8 Å². The molecular formula is C22H23N3O4. The number of carbonyl (C=O) groups is 3. The van der Waals surface area contributed by atoms with E-state index < -0.39 is 17.8 Å². The molecule has 7 nitrogen and oxygen atoms in total. The molecule has 0 aromatic heterocycles. The first-order chi connectivity index (χ1) is 13.8. The number of rotatable bonds is 6. The largest absolute Gasteiger partial charge is 0.491 e. The summed E-state index contributed by atoms with van der Waals surface area (Å²) < 4.78 is 5.58. The number of aryl methyl sites for hydroxylation is 1. The van der Waals surface area contributed by atoms with E-state index in [9.17, 15) is 14.4 Å². The smallest absolute Gasteiger partial charge is 0.329 e. The van der Waals surface area contributed by atoms with Crippen molar-refractivity contribution < 1.29 is 19.1 Å². The van der Waals surface area contributed by atoms with Gasteiger partial charge < -0.3 is 15.4 Å². The molecule has 1 aliphatic heterocycles. The van der Waals surface area contributed by atoms with Crippen LogP contribution in [0.2, 0.25) is 0 Å². The zero-order valence-electron chi connectivity index (χ0n) is 16.6. The van der Waals surface area contributed by atoms with E-state index >= 15 is 0 Å². The van der Waals surface area contributed by atoms with E-state index in [4.69, 9.17) is 4.74 Å². The molecule has 150 valence electrons. The van der Waals surface area contributed by atoms with E-state index in [1.807, 2.05) is 39.0 Å². The number of urea groups is 1. The highest BCUT2D eigenvalue weighted by molar-refractivity contribution is 6.15. The molecule has 1 aliphatic rings. The maximum atomic E-state index is 12.5. The lowest BCUT2D eigenvalue weighted by Crippen LogP contribution is -2.38. The second kappa shape index (κ2) is 8.60. The summed E-state index contributed by atoms with van der Waals surface area (Å²) in [5, 5.41) is 5.21. The summed E-state index contributed by atoms with van der Waals surface area (Å²) in [7, 11) is 0. The van der Waals surface area contributed by atoms with Crippen molar-refractivity contribution in [2.75, 3.05) is 11.9 Å². The number of benzene rings is 2. The molecule has 2 aromatic carbocycles. The number of carbonyl (C=O) groups excluding carboxylic acids is 3. The lowest BCUT2D eigenvalue weighted by atomic mass is 10.2. The molecule has 0 radical (unpaired) electrons. The second-order valence-corrected chi connectivity index (χ2v) is 7.03.